The van der Waals surface area contributed by atoms with Crippen LogP contribution < -0.4 is 4.74 Å². The summed E-state index contributed by atoms with van der Waals surface area (Å²) in [6.45, 7) is -1.28. The number of nitrogens with zero attached hydrogens (tertiary/aromatic N) is 1. The molecule has 0 aromatic heterocycles. The summed E-state index contributed by atoms with van der Waals surface area (Å²) in [7, 11) is 0. The van der Waals surface area contributed by atoms with Crippen molar-refractivity contribution < 1.29 is 23.0 Å². The van der Waals surface area contributed by atoms with Crippen LogP contribution in [-0.4, -0.2) is 19.2 Å². The van der Waals surface area contributed by atoms with Crippen molar-refractivity contribution in [3.63, 3.8) is 0 Å². The lowest BCUT2D eigenvalue weighted by Crippen LogP contribution is -2.09. The monoisotopic (exact) mass is 273 g/mol. The van der Waals surface area contributed by atoms with Crippen LogP contribution in [0.1, 0.15) is 22.8 Å². The number of carbonyl (C=O) groups excluding carboxylic acids is 1. The zero-order valence-electron chi connectivity index (χ0n) is 9.31. The smallest absolute Gasteiger partial charge is 0.387 e. The van der Waals surface area contributed by atoms with Gasteiger partial charge in [0.2, 0.25) is 0 Å². The van der Waals surface area contributed by atoms with Crippen LogP contribution in [-0.2, 0) is 4.74 Å². The summed E-state index contributed by atoms with van der Waals surface area (Å²) >= 11 is 3.92. The summed E-state index contributed by atoms with van der Waals surface area (Å²) in [5.41, 5.74) is -0.145. The first kappa shape index (κ1) is 14.3. The number of ether oxygens (including phenoxy) is 2. The number of halogens is 2. The lowest BCUT2D eigenvalue weighted by Gasteiger charge is -2.10. The SMILES string of the molecule is CCOC(=O)c1cc(S)c(OC(F)F)cc1C#N. The molecule has 0 N–H and O–H groups in total. The van der Waals surface area contributed by atoms with E-state index in [4.69, 9.17) is 10.00 Å². The first-order chi connectivity index (χ1) is 8.49. The van der Waals surface area contributed by atoms with Gasteiger partial charge in [0, 0.05) is 11.0 Å². The van der Waals surface area contributed by atoms with Crippen molar-refractivity contribution in [2.45, 2.75) is 18.4 Å². The van der Waals surface area contributed by atoms with Gasteiger partial charge in [0.05, 0.1) is 17.7 Å². The van der Waals surface area contributed by atoms with E-state index in [0.717, 1.165) is 12.1 Å². The highest BCUT2D eigenvalue weighted by atomic mass is 32.1. The molecule has 0 heterocycles. The maximum Gasteiger partial charge on any atom is 0.387 e. The van der Waals surface area contributed by atoms with Gasteiger partial charge in [0.15, 0.2) is 0 Å². The Hall–Kier alpha value is -1.81. The first-order valence-corrected chi connectivity index (χ1v) is 5.33. The Bertz CT molecular complexity index is 500. The Morgan fingerprint density at radius 1 is 1.56 bits per heavy atom. The van der Waals surface area contributed by atoms with E-state index in [1.807, 2.05) is 0 Å². The van der Waals surface area contributed by atoms with E-state index in [1.54, 1.807) is 13.0 Å². The molecule has 0 unspecified atom stereocenters. The van der Waals surface area contributed by atoms with Crippen molar-refractivity contribution in [2.24, 2.45) is 0 Å². The van der Waals surface area contributed by atoms with Gasteiger partial charge >= 0.3 is 12.6 Å². The number of benzene rings is 1. The summed E-state index contributed by atoms with van der Waals surface area (Å²) < 4.78 is 33.1. The highest BCUT2D eigenvalue weighted by Crippen LogP contribution is 2.28. The third-order valence-electron chi connectivity index (χ3n) is 1.93. The van der Waals surface area contributed by atoms with Gasteiger partial charge in [0.25, 0.3) is 0 Å². The van der Waals surface area contributed by atoms with E-state index < -0.39 is 12.6 Å². The van der Waals surface area contributed by atoms with Gasteiger partial charge in [-0.1, -0.05) is 0 Å². The molecule has 0 radical (unpaired) electrons. The molecule has 1 aromatic rings. The van der Waals surface area contributed by atoms with Crippen LogP contribution in [0.2, 0.25) is 0 Å². The Balaban J connectivity index is 3.19. The second-order valence-corrected chi connectivity index (χ2v) is 3.56. The summed E-state index contributed by atoms with van der Waals surface area (Å²) in [5, 5.41) is 8.86. The second-order valence-electron chi connectivity index (χ2n) is 3.08. The standard InChI is InChI=1S/C11H9F2NO3S/c1-2-16-10(15)7-4-9(18)8(17-11(12)13)3-6(7)5-14/h3-4,11,18H,2H2,1H3. The fraction of sp³-hybridized carbons (Fsp3) is 0.273. The number of thiol groups is 1. The quantitative estimate of drug-likeness (QED) is 0.676. The van der Waals surface area contributed by atoms with Crippen LogP contribution >= 0.6 is 12.6 Å². The van der Waals surface area contributed by atoms with E-state index >= 15 is 0 Å². The largest absolute Gasteiger partial charge is 0.462 e. The summed E-state index contributed by atoms with van der Waals surface area (Å²) in [6.07, 6.45) is 0. The average Bonchev–Trinajstić information content (AvgIpc) is 2.31. The molecule has 0 aliphatic carbocycles. The predicted molar refractivity (Wildman–Crippen MR) is 61.0 cm³/mol. The minimum Gasteiger partial charge on any atom is -0.462 e. The Morgan fingerprint density at radius 2 is 2.22 bits per heavy atom. The summed E-state index contributed by atoms with van der Waals surface area (Å²) in [5.74, 6) is -0.981. The van der Waals surface area contributed by atoms with Gasteiger partial charge < -0.3 is 9.47 Å². The van der Waals surface area contributed by atoms with Gasteiger partial charge in [-0.05, 0) is 13.0 Å². The van der Waals surface area contributed by atoms with E-state index in [9.17, 15) is 13.6 Å². The lowest BCUT2D eigenvalue weighted by atomic mass is 10.1. The van der Waals surface area contributed by atoms with Gasteiger partial charge in [0.1, 0.15) is 11.8 Å². The molecule has 18 heavy (non-hydrogen) atoms. The maximum absolute atomic E-state index is 12.1. The van der Waals surface area contributed by atoms with Crippen molar-refractivity contribution in [1.29, 1.82) is 5.26 Å². The van der Waals surface area contributed by atoms with Crippen LogP contribution in [0.4, 0.5) is 8.78 Å². The molecule has 0 bridgehead atoms. The number of esters is 1. The molecule has 0 amide bonds. The van der Waals surface area contributed by atoms with E-state index in [0.29, 0.717) is 0 Å². The highest BCUT2D eigenvalue weighted by molar-refractivity contribution is 7.80. The van der Waals surface area contributed by atoms with Crippen molar-refractivity contribution in [3.8, 4) is 11.8 Å². The number of hydrogen-bond acceptors (Lipinski definition) is 5. The molecule has 0 fully saturated rings. The molecule has 0 saturated heterocycles. The van der Waals surface area contributed by atoms with Gasteiger partial charge in [-0.25, -0.2) is 4.79 Å². The molecule has 0 atom stereocenters. The van der Waals surface area contributed by atoms with E-state index in [-0.39, 0.29) is 28.4 Å². The third kappa shape index (κ3) is 3.34. The number of hydrogen-bond donors (Lipinski definition) is 1. The van der Waals surface area contributed by atoms with Gasteiger partial charge in [-0.15, -0.1) is 12.6 Å². The van der Waals surface area contributed by atoms with Crippen LogP contribution in [0.25, 0.3) is 0 Å². The molecule has 0 aliphatic heterocycles. The zero-order valence-corrected chi connectivity index (χ0v) is 10.2. The Morgan fingerprint density at radius 3 is 2.72 bits per heavy atom. The highest BCUT2D eigenvalue weighted by Gasteiger charge is 2.17. The molecule has 7 heteroatoms. The van der Waals surface area contributed by atoms with Crippen molar-refractivity contribution >= 4 is 18.6 Å². The van der Waals surface area contributed by atoms with Gasteiger partial charge in [-0.2, -0.15) is 14.0 Å². The van der Waals surface area contributed by atoms with Crippen molar-refractivity contribution in [2.75, 3.05) is 6.61 Å². The van der Waals surface area contributed by atoms with E-state index in [2.05, 4.69) is 17.4 Å². The predicted octanol–water partition coefficient (Wildman–Crippen LogP) is 2.63. The van der Waals surface area contributed by atoms with Gasteiger partial charge in [-0.3, -0.25) is 0 Å². The number of alkyl halides is 2. The van der Waals surface area contributed by atoms with Crippen molar-refractivity contribution in [1.82, 2.24) is 0 Å². The molecule has 0 saturated carbocycles. The summed E-state index contributed by atoms with van der Waals surface area (Å²) in [6, 6.07) is 3.91. The second kappa shape index (κ2) is 6.21. The molecular weight excluding hydrogens is 264 g/mol. The molecule has 1 aromatic carbocycles. The molecule has 0 spiro atoms. The Kier molecular flexibility index (Phi) is 4.92. The summed E-state index contributed by atoms with van der Waals surface area (Å²) in [4.78, 5) is 11.5. The van der Waals surface area contributed by atoms with E-state index in [1.165, 1.54) is 0 Å². The fourth-order valence-corrected chi connectivity index (χ4v) is 1.48. The normalized spacial score (nSPS) is 10.0. The zero-order chi connectivity index (χ0) is 13.7. The van der Waals surface area contributed by atoms with Crippen molar-refractivity contribution in [3.05, 3.63) is 23.3 Å². The maximum atomic E-state index is 12.1. The number of rotatable bonds is 4. The van der Waals surface area contributed by atoms with Crippen LogP contribution in [0.15, 0.2) is 17.0 Å². The molecule has 96 valence electrons. The minimum atomic E-state index is -3.03. The first-order valence-electron chi connectivity index (χ1n) is 4.88. The lowest BCUT2D eigenvalue weighted by molar-refractivity contribution is -0.0516. The molecule has 1 rings (SSSR count). The molecule has 4 nitrogen and oxygen atoms in total. The topological polar surface area (TPSA) is 59.3 Å². The third-order valence-corrected chi connectivity index (χ3v) is 2.28. The van der Waals surface area contributed by atoms with Crippen LogP contribution in [0, 0.1) is 11.3 Å². The molecular formula is C11H9F2NO3S. The fourth-order valence-electron chi connectivity index (χ4n) is 1.23. The number of nitriles is 1. The average molecular weight is 273 g/mol. The molecule has 0 aliphatic rings. The van der Waals surface area contributed by atoms with Crippen LogP contribution in [0.5, 0.6) is 5.75 Å². The van der Waals surface area contributed by atoms with Crippen LogP contribution in [0.3, 0.4) is 0 Å². The Labute approximate surface area is 108 Å². The number of carbonyl (C=O) groups is 1. The minimum absolute atomic E-state index is 0.0253.